The quantitative estimate of drug-likeness (QED) is 0.762. The third-order valence-corrected chi connectivity index (χ3v) is 2.79. The van der Waals surface area contributed by atoms with Crippen molar-refractivity contribution in [3.63, 3.8) is 0 Å². The standard InChI is InChI=1S/C11H16N4O2/c1-12-10-6-13-5-9(14-10)11(17)15-4-2-3-8(16)7-15/h5-6,8,16H,2-4,7H2,1H3,(H,12,14). The summed E-state index contributed by atoms with van der Waals surface area (Å²) in [5.41, 5.74) is 0.311. The van der Waals surface area contributed by atoms with Crippen molar-refractivity contribution >= 4 is 11.7 Å². The minimum Gasteiger partial charge on any atom is -0.391 e. The van der Waals surface area contributed by atoms with Gasteiger partial charge in [-0.2, -0.15) is 0 Å². The van der Waals surface area contributed by atoms with Crippen molar-refractivity contribution in [1.29, 1.82) is 0 Å². The summed E-state index contributed by atoms with van der Waals surface area (Å²) < 4.78 is 0. The van der Waals surface area contributed by atoms with E-state index in [9.17, 15) is 9.90 Å². The lowest BCUT2D eigenvalue weighted by atomic mass is 10.1. The van der Waals surface area contributed by atoms with Gasteiger partial charge in [-0.25, -0.2) is 4.98 Å². The molecule has 1 aromatic heterocycles. The fourth-order valence-electron chi connectivity index (χ4n) is 1.89. The van der Waals surface area contributed by atoms with Gasteiger partial charge in [-0.05, 0) is 12.8 Å². The SMILES string of the molecule is CNc1cncc(C(=O)N2CCCC(O)C2)n1. The van der Waals surface area contributed by atoms with E-state index < -0.39 is 6.10 Å². The van der Waals surface area contributed by atoms with Crippen LogP contribution in [0.4, 0.5) is 5.82 Å². The first kappa shape index (κ1) is 11.8. The fourth-order valence-corrected chi connectivity index (χ4v) is 1.89. The molecule has 0 aromatic carbocycles. The van der Waals surface area contributed by atoms with Gasteiger partial charge in [0.2, 0.25) is 0 Å². The number of aromatic nitrogens is 2. The van der Waals surface area contributed by atoms with Gasteiger partial charge in [-0.15, -0.1) is 0 Å². The Morgan fingerprint density at radius 2 is 2.41 bits per heavy atom. The highest BCUT2D eigenvalue weighted by molar-refractivity contribution is 5.92. The summed E-state index contributed by atoms with van der Waals surface area (Å²) in [4.78, 5) is 21.8. The van der Waals surface area contributed by atoms with Crippen LogP contribution in [0, 0.1) is 0 Å². The molecule has 1 aromatic rings. The van der Waals surface area contributed by atoms with Crippen LogP contribution in [0.15, 0.2) is 12.4 Å². The van der Waals surface area contributed by atoms with Crippen molar-refractivity contribution in [2.24, 2.45) is 0 Å². The first-order chi connectivity index (χ1) is 8.20. The van der Waals surface area contributed by atoms with E-state index in [-0.39, 0.29) is 5.91 Å². The highest BCUT2D eigenvalue weighted by Gasteiger charge is 2.24. The highest BCUT2D eigenvalue weighted by Crippen LogP contribution is 2.13. The molecule has 1 fully saturated rings. The summed E-state index contributed by atoms with van der Waals surface area (Å²) in [5, 5.41) is 12.4. The summed E-state index contributed by atoms with van der Waals surface area (Å²) in [6.45, 7) is 1.05. The van der Waals surface area contributed by atoms with Gasteiger partial charge < -0.3 is 15.3 Å². The highest BCUT2D eigenvalue weighted by atomic mass is 16.3. The normalized spacial score (nSPS) is 20.1. The van der Waals surface area contributed by atoms with Crippen LogP contribution < -0.4 is 5.32 Å². The number of carbonyl (C=O) groups excluding carboxylic acids is 1. The van der Waals surface area contributed by atoms with Gasteiger partial charge in [0.15, 0.2) is 0 Å². The van der Waals surface area contributed by atoms with Crippen molar-refractivity contribution < 1.29 is 9.90 Å². The molecule has 1 aliphatic heterocycles. The largest absolute Gasteiger partial charge is 0.391 e. The Morgan fingerprint density at radius 3 is 3.12 bits per heavy atom. The van der Waals surface area contributed by atoms with E-state index in [4.69, 9.17) is 0 Å². The van der Waals surface area contributed by atoms with Gasteiger partial charge in [-0.3, -0.25) is 9.78 Å². The van der Waals surface area contributed by atoms with Crippen molar-refractivity contribution in [1.82, 2.24) is 14.9 Å². The number of aliphatic hydroxyl groups is 1. The minimum absolute atomic E-state index is 0.173. The van der Waals surface area contributed by atoms with Crippen LogP contribution in [0.5, 0.6) is 0 Å². The van der Waals surface area contributed by atoms with E-state index in [1.54, 1.807) is 18.1 Å². The van der Waals surface area contributed by atoms with Crippen LogP contribution >= 0.6 is 0 Å². The molecule has 1 atom stereocenters. The zero-order chi connectivity index (χ0) is 12.3. The first-order valence-corrected chi connectivity index (χ1v) is 5.68. The monoisotopic (exact) mass is 236 g/mol. The lowest BCUT2D eigenvalue weighted by molar-refractivity contribution is 0.0468. The molecule has 1 aliphatic rings. The molecule has 6 heteroatoms. The Labute approximate surface area is 99.7 Å². The van der Waals surface area contributed by atoms with E-state index in [2.05, 4.69) is 15.3 Å². The molecule has 2 heterocycles. The number of hydrogen-bond acceptors (Lipinski definition) is 5. The lowest BCUT2D eigenvalue weighted by Crippen LogP contribution is -2.42. The molecule has 0 radical (unpaired) electrons. The van der Waals surface area contributed by atoms with E-state index in [0.717, 1.165) is 12.8 Å². The molecule has 6 nitrogen and oxygen atoms in total. The van der Waals surface area contributed by atoms with E-state index >= 15 is 0 Å². The number of β-amino-alcohol motifs (C(OH)–C–C–N with tert-alkyl or cyclic N) is 1. The van der Waals surface area contributed by atoms with E-state index in [1.165, 1.54) is 6.20 Å². The maximum atomic E-state index is 12.1. The van der Waals surface area contributed by atoms with E-state index in [0.29, 0.717) is 24.6 Å². The molecule has 17 heavy (non-hydrogen) atoms. The van der Waals surface area contributed by atoms with Gasteiger partial charge in [0.1, 0.15) is 11.5 Å². The number of carbonyl (C=O) groups is 1. The lowest BCUT2D eigenvalue weighted by Gasteiger charge is -2.29. The maximum absolute atomic E-state index is 12.1. The summed E-state index contributed by atoms with van der Waals surface area (Å²) in [6, 6.07) is 0. The number of piperidine rings is 1. The topological polar surface area (TPSA) is 78.4 Å². The zero-order valence-corrected chi connectivity index (χ0v) is 9.76. The third-order valence-electron chi connectivity index (χ3n) is 2.79. The Balaban J connectivity index is 2.12. The van der Waals surface area contributed by atoms with Crippen LogP contribution in [0.1, 0.15) is 23.3 Å². The summed E-state index contributed by atoms with van der Waals surface area (Å²) >= 11 is 0. The van der Waals surface area contributed by atoms with Crippen molar-refractivity contribution in [3.8, 4) is 0 Å². The number of hydrogen-bond donors (Lipinski definition) is 2. The van der Waals surface area contributed by atoms with Crippen molar-refractivity contribution in [3.05, 3.63) is 18.1 Å². The summed E-state index contributed by atoms with van der Waals surface area (Å²) in [7, 11) is 1.73. The summed E-state index contributed by atoms with van der Waals surface area (Å²) in [6.07, 6.45) is 4.16. The predicted molar refractivity (Wildman–Crippen MR) is 62.7 cm³/mol. The van der Waals surface area contributed by atoms with Gasteiger partial charge in [0.05, 0.1) is 18.5 Å². The van der Waals surface area contributed by atoms with Gasteiger partial charge in [0.25, 0.3) is 5.91 Å². The molecule has 1 amide bonds. The maximum Gasteiger partial charge on any atom is 0.274 e. The van der Waals surface area contributed by atoms with Gasteiger partial charge in [0, 0.05) is 20.1 Å². The second kappa shape index (κ2) is 5.09. The predicted octanol–water partition coefficient (Wildman–Crippen LogP) is 0.115. The number of anilines is 1. The van der Waals surface area contributed by atoms with Crippen LogP contribution in [0.25, 0.3) is 0 Å². The molecule has 0 aliphatic carbocycles. The second-order valence-corrected chi connectivity index (χ2v) is 4.09. The Morgan fingerprint density at radius 1 is 1.59 bits per heavy atom. The average Bonchev–Trinajstić information content (AvgIpc) is 2.38. The molecule has 92 valence electrons. The minimum atomic E-state index is -0.423. The number of likely N-dealkylation sites (tertiary alicyclic amines) is 1. The average molecular weight is 236 g/mol. The number of rotatable bonds is 2. The Bertz CT molecular complexity index is 410. The molecule has 2 N–H and O–H groups in total. The molecule has 0 spiro atoms. The van der Waals surface area contributed by atoms with Crippen molar-refractivity contribution in [2.45, 2.75) is 18.9 Å². The zero-order valence-electron chi connectivity index (χ0n) is 9.76. The van der Waals surface area contributed by atoms with E-state index in [1.807, 2.05) is 0 Å². The molecular formula is C11H16N4O2. The Hall–Kier alpha value is -1.69. The van der Waals surface area contributed by atoms with Crippen molar-refractivity contribution in [2.75, 3.05) is 25.5 Å². The molecule has 2 rings (SSSR count). The van der Waals surface area contributed by atoms with Gasteiger partial charge >= 0.3 is 0 Å². The smallest absolute Gasteiger partial charge is 0.274 e. The van der Waals surface area contributed by atoms with Crippen LogP contribution in [-0.4, -0.2) is 52.1 Å². The Kier molecular flexibility index (Phi) is 3.53. The molecular weight excluding hydrogens is 220 g/mol. The molecule has 1 unspecified atom stereocenters. The summed E-state index contributed by atoms with van der Waals surface area (Å²) in [5.74, 6) is 0.391. The number of aliphatic hydroxyl groups excluding tert-OH is 1. The second-order valence-electron chi connectivity index (χ2n) is 4.09. The number of amides is 1. The van der Waals surface area contributed by atoms with Crippen LogP contribution in [0.2, 0.25) is 0 Å². The fraction of sp³-hybridized carbons (Fsp3) is 0.545. The molecule has 0 bridgehead atoms. The molecule has 0 saturated carbocycles. The van der Waals surface area contributed by atoms with Crippen LogP contribution in [-0.2, 0) is 0 Å². The third kappa shape index (κ3) is 2.71. The number of nitrogens with one attached hydrogen (secondary N) is 1. The number of nitrogens with zero attached hydrogens (tertiary/aromatic N) is 3. The van der Waals surface area contributed by atoms with Gasteiger partial charge in [-0.1, -0.05) is 0 Å². The first-order valence-electron chi connectivity index (χ1n) is 5.68. The van der Waals surface area contributed by atoms with Crippen LogP contribution in [0.3, 0.4) is 0 Å². The molecule has 1 saturated heterocycles.